The number of aliphatic carboxylic acids is 1. The molecule has 2 heterocycles. The number of aliphatic hydroxyl groups is 1. The maximum Gasteiger partial charge on any atom is 0.320 e. The number of carbonyl (C=O) groups is 1. The Balaban J connectivity index is 1.18. The summed E-state index contributed by atoms with van der Waals surface area (Å²) in [6.07, 6.45) is 3.74. The number of likely N-dealkylation sites (tertiary alicyclic amines) is 2. The van der Waals surface area contributed by atoms with Crippen molar-refractivity contribution in [3.63, 3.8) is 0 Å². The summed E-state index contributed by atoms with van der Waals surface area (Å²) < 4.78 is 46.6. The topological polar surface area (TPSA) is 91.7 Å². The van der Waals surface area contributed by atoms with E-state index in [1.165, 1.54) is 12.1 Å². The third kappa shape index (κ3) is 9.86. The largest absolute Gasteiger partial charge is 0.493 e. The second kappa shape index (κ2) is 17.7. The van der Waals surface area contributed by atoms with E-state index in [4.69, 9.17) is 25.8 Å². The molecule has 0 spiro atoms. The minimum Gasteiger partial charge on any atom is -0.493 e. The average Bonchev–Trinajstić information content (AvgIpc) is 3.55. The molecule has 53 heavy (non-hydrogen) atoms. The van der Waals surface area contributed by atoms with Gasteiger partial charge in [-0.1, -0.05) is 48.4 Å². The first-order valence-corrected chi connectivity index (χ1v) is 18.6. The molecule has 0 radical (unpaired) electrons. The number of rotatable bonds is 15. The van der Waals surface area contributed by atoms with Crippen molar-refractivity contribution < 1.29 is 38.0 Å². The molecule has 0 aromatic heterocycles. The molecule has 2 saturated heterocycles. The zero-order valence-electron chi connectivity index (χ0n) is 30.3. The number of hydrogen-bond acceptors (Lipinski definition) is 7. The Bertz CT molecular complexity index is 1890. The van der Waals surface area contributed by atoms with Crippen LogP contribution in [-0.2, 0) is 24.6 Å². The normalized spacial score (nSPS) is 17.9. The van der Waals surface area contributed by atoms with Gasteiger partial charge in [-0.25, -0.2) is 8.78 Å². The molecule has 2 N–H and O–H groups in total. The van der Waals surface area contributed by atoms with E-state index < -0.39 is 23.6 Å². The van der Waals surface area contributed by atoms with Crippen LogP contribution in [0, 0.1) is 25.5 Å². The Morgan fingerprint density at radius 1 is 0.830 bits per heavy atom. The lowest BCUT2D eigenvalue weighted by molar-refractivity contribution is -0.144. The molecule has 2 atom stereocenters. The number of piperidine rings is 1. The highest BCUT2D eigenvalue weighted by Gasteiger charge is 2.29. The third-order valence-electron chi connectivity index (χ3n) is 10.2. The van der Waals surface area contributed by atoms with Crippen LogP contribution in [0.3, 0.4) is 0 Å². The predicted octanol–water partition coefficient (Wildman–Crippen LogP) is 8.33. The lowest BCUT2D eigenvalue weighted by atomic mass is 9.93. The van der Waals surface area contributed by atoms with Crippen LogP contribution < -0.4 is 14.2 Å². The van der Waals surface area contributed by atoms with E-state index in [2.05, 4.69) is 30.9 Å². The first kappa shape index (κ1) is 38.5. The van der Waals surface area contributed by atoms with Crippen molar-refractivity contribution >= 4 is 17.6 Å². The van der Waals surface area contributed by atoms with Crippen LogP contribution in [0.4, 0.5) is 8.78 Å². The van der Waals surface area contributed by atoms with E-state index in [9.17, 15) is 23.8 Å². The van der Waals surface area contributed by atoms with Gasteiger partial charge in [0.25, 0.3) is 0 Å². The maximum atomic E-state index is 14.0. The van der Waals surface area contributed by atoms with Crippen molar-refractivity contribution in [3.05, 3.63) is 111 Å². The van der Waals surface area contributed by atoms with Gasteiger partial charge in [-0.2, -0.15) is 0 Å². The summed E-state index contributed by atoms with van der Waals surface area (Å²) in [7, 11) is 0. The minimum absolute atomic E-state index is 0.114. The van der Waals surface area contributed by atoms with E-state index in [1.54, 1.807) is 12.1 Å². The number of benzene rings is 4. The van der Waals surface area contributed by atoms with Crippen molar-refractivity contribution in [2.45, 2.75) is 77.9 Å². The fourth-order valence-corrected chi connectivity index (χ4v) is 7.55. The highest BCUT2D eigenvalue weighted by molar-refractivity contribution is 6.32. The summed E-state index contributed by atoms with van der Waals surface area (Å²) in [6.45, 7) is 8.23. The van der Waals surface area contributed by atoms with Crippen molar-refractivity contribution in [3.8, 4) is 28.4 Å². The Kier molecular flexibility index (Phi) is 12.9. The standard InChI is InChI=1S/C42H47ClF2N2O6/c1-27-30(8-5-9-35(27)36-10-6-12-39(28(36)2)51-17-7-14-46-16-13-34(48)24-46)26-53-41-22-40(52-25-29-18-32(44)21-33(45)19-29)31(20-37(41)43)23-47-15-4-3-11-38(47)42(49)50/h5-6,8-10,12,18-22,34,38,48H,3-4,7,11,13-17,23-26H2,1-2H3,(H,49,50)/t34-,38?/m1/s1. The third-order valence-corrected chi connectivity index (χ3v) is 10.5. The number of ether oxygens (including phenoxy) is 3. The molecule has 4 aromatic carbocycles. The quantitative estimate of drug-likeness (QED) is 0.117. The Morgan fingerprint density at radius 3 is 2.30 bits per heavy atom. The number of hydrogen-bond donors (Lipinski definition) is 2. The molecule has 8 nitrogen and oxygen atoms in total. The number of β-amino-alcohol motifs (C(OH)–C–C–N with tert-alkyl or cyclic N) is 1. The van der Waals surface area contributed by atoms with Crippen LogP contribution in [0.5, 0.6) is 17.2 Å². The number of carboxylic acids is 1. The molecule has 0 aliphatic carbocycles. The molecule has 2 aliphatic heterocycles. The average molecular weight is 749 g/mol. The molecular weight excluding hydrogens is 702 g/mol. The fraction of sp³-hybridized carbons (Fsp3) is 0.405. The van der Waals surface area contributed by atoms with Crippen LogP contribution in [0.15, 0.2) is 66.7 Å². The number of halogens is 3. The van der Waals surface area contributed by atoms with Crippen LogP contribution in [0.25, 0.3) is 11.1 Å². The monoisotopic (exact) mass is 748 g/mol. The van der Waals surface area contributed by atoms with Crippen molar-refractivity contribution in [2.75, 3.05) is 32.8 Å². The number of nitrogens with zero attached hydrogens (tertiary/aromatic N) is 2. The molecule has 4 aromatic rings. The smallest absolute Gasteiger partial charge is 0.320 e. The molecule has 1 unspecified atom stereocenters. The minimum atomic E-state index is -0.879. The SMILES string of the molecule is Cc1c(COc2cc(OCc3cc(F)cc(F)c3)c(CN3CCCCC3C(=O)O)cc2Cl)cccc1-c1cccc(OCCCN2CC[C@@H](O)C2)c1C. The highest BCUT2D eigenvalue weighted by atomic mass is 35.5. The van der Waals surface area contributed by atoms with Crippen LogP contribution in [0.2, 0.25) is 5.02 Å². The van der Waals surface area contributed by atoms with Crippen molar-refractivity contribution in [1.82, 2.24) is 9.80 Å². The van der Waals surface area contributed by atoms with E-state index >= 15 is 0 Å². The zero-order chi connectivity index (χ0) is 37.5. The van der Waals surface area contributed by atoms with E-state index in [0.717, 1.165) is 85.0 Å². The molecule has 282 valence electrons. The van der Waals surface area contributed by atoms with Gasteiger partial charge >= 0.3 is 5.97 Å². The lowest BCUT2D eigenvalue weighted by Gasteiger charge is -2.33. The highest BCUT2D eigenvalue weighted by Crippen LogP contribution is 2.37. The van der Waals surface area contributed by atoms with Crippen LogP contribution >= 0.6 is 11.6 Å². The molecule has 0 amide bonds. The van der Waals surface area contributed by atoms with E-state index in [-0.39, 0.29) is 25.9 Å². The lowest BCUT2D eigenvalue weighted by Crippen LogP contribution is -2.44. The van der Waals surface area contributed by atoms with Crippen LogP contribution in [-0.4, -0.2) is 70.9 Å². The fourth-order valence-electron chi connectivity index (χ4n) is 7.31. The molecule has 6 rings (SSSR count). The van der Waals surface area contributed by atoms with Gasteiger partial charge in [0.1, 0.15) is 48.1 Å². The van der Waals surface area contributed by atoms with E-state index in [0.29, 0.717) is 47.2 Å². The summed E-state index contributed by atoms with van der Waals surface area (Å²) in [5.41, 5.74) is 6.13. The number of carboxylic acid groups (broad SMARTS) is 1. The Hall–Kier alpha value is -4.22. The van der Waals surface area contributed by atoms with Crippen LogP contribution in [0.1, 0.15) is 59.9 Å². The molecule has 0 bridgehead atoms. The van der Waals surface area contributed by atoms with Crippen molar-refractivity contribution in [1.29, 1.82) is 0 Å². The van der Waals surface area contributed by atoms with Gasteiger partial charge in [0.2, 0.25) is 0 Å². The van der Waals surface area contributed by atoms with Gasteiger partial charge in [-0.05, 0) is 104 Å². The summed E-state index contributed by atoms with van der Waals surface area (Å²) >= 11 is 6.80. The van der Waals surface area contributed by atoms with Gasteiger partial charge in [0.05, 0.1) is 17.7 Å². The first-order chi connectivity index (χ1) is 25.5. The second-order valence-corrected chi connectivity index (χ2v) is 14.4. The van der Waals surface area contributed by atoms with Gasteiger partial charge in [-0.15, -0.1) is 0 Å². The Labute approximate surface area is 314 Å². The summed E-state index contributed by atoms with van der Waals surface area (Å²) in [5.74, 6) is -0.698. The Morgan fingerprint density at radius 2 is 1.57 bits per heavy atom. The summed E-state index contributed by atoms with van der Waals surface area (Å²) in [4.78, 5) is 16.2. The summed E-state index contributed by atoms with van der Waals surface area (Å²) in [5, 5.41) is 20.0. The number of aliphatic hydroxyl groups excluding tert-OH is 1. The van der Waals surface area contributed by atoms with Crippen molar-refractivity contribution in [2.24, 2.45) is 0 Å². The first-order valence-electron chi connectivity index (χ1n) is 18.3. The van der Waals surface area contributed by atoms with Gasteiger partial charge < -0.3 is 29.3 Å². The molecular formula is C42H47ClF2N2O6. The van der Waals surface area contributed by atoms with Gasteiger partial charge in [0, 0.05) is 43.9 Å². The van der Waals surface area contributed by atoms with Gasteiger partial charge in [0.15, 0.2) is 0 Å². The molecule has 2 aliphatic rings. The molecule has 2 fully saturated rings. The second-order valence-electron chi connectivity index (χ2n) is 14.0. The van der Waals surface area contributed by atoms with E-state index in [1.807, 2.05) is 29.2 Å². The van der Waals surface area contributed by atoms with Gasteiger partial charge in [-0.3, -0.25) is 9.69 Å². The predicted molar refractivity (Wildman–Crippen MR) is 201 cm³/mol. The molecule has 0 saturated carbocycles. The maximum absolute atomic E-state index is 14.0. The zero-order valence-corrected chi connectivity index (χ0v) is 31.0. The molecule has 11 heteroatoms. The summed E-state index contributed by atoms with van der Waals surface area (Å²) in [6, 6.07) is 18.1.